The zero-order valence-corrected chi connectivity index (χ0v) is 12.6. The Labute approximate surface area is 122 Å². The molecule has 2 unspecified atom stereocenters. The first-order chi connectivity index (χ1) is 9.70. The van der Waals surface area contributed by atoms with Crippen LogP contribution < -0.4 is 5.32 Å². The average molecular weight is 277 g/mol. The van der Waals surface area contributed by atoms with Gasteiger partial charge >= 0.3 is 0 Å². The number of hydrogen-bond donors (Lipinski definition) is 2. The van der Waals surface area contributed by atoms with Crippen molar-refractivity contribution in [3.63, 3.8) is 0 Å². The maximum absolute atomic E-state index is 9.53. The third-order valence-corrected chi connectivity index (χ3v) is 4.00. The molecule has 0 aromatic heterocycles. The monoisotopic (exact) mass is 277 g/mol. The third kappa shape index (κ3) is 4.28. The Morgan fingerprint density at radius 3 is 2.70 bits per heavy atom. The van der Waals surface area contributed by atoms with Crippen LogP contribution in [0.15, 0.2) is 30.3 Å². The molecule has 4 heteroatoms. The van der Waals surface area contributed by atoms with Crippen molar-refractivity contribution in [3.8, 4) is 0 Å². The largest absolute Gasteiger partial charge is 0.395 e. The van der Waals surface area contributed by atoms with Gasteiger partial charge in [-0.25, -0.2) is 0 Å². The van der Waals surface area contributed by atoms with Crippen LogP contribution in [0, 0.1) is 0 Å². The smallest absolute Gasteiger partial charge is 0.0599 e. The van der Waals surface area contributed by atoms with E-state index in [1.165, 1.54) is 5.56 Å². The number of nitrogens with one attached hydrogen (secondary N) is 1. The van der Waals surface area contributed by atoms with E-state index in [2.05, 4.69) is 59.5 Å². The molecule has 1 aromatic rings. The molecule has 0 radical (unpaired) electrons. The van der Waals surface area contributed by atoms with E-state index in [-0.39, 0.29) is 12.6 Å². The number of hydrogen-bond acceptors (Lipinski definition) is 4. The van der Waals surface area contributed by atoms with Crippen LogP contribution in [0.5, 0.6) is 0 Å². The van der Waals surface area contributed by atoms with Crippen molar-refractivity contribution in [3.05, 3.63) is 35.9 Å². The summed E-state index contributed by atoms with van der Waals surface area (Å²) in [4.78, 5) is 4.64. The minimum Gasteiger partial charge on any atom is -0.395 e. The van der Waals surface area contributed by atoms with Gasteiger partial charge < -0.3 is 15.3 Å². The molecule has 1 fully saturated rings. The van der Waals surface area contributed by atoms with Crippen LogP contribution in [-0.4, -0.2) is 67.8 Å². The molecule has 1 aromatic carbocycles. The Kier molecular flexibility index (Phi) is 5.98. The summed E-state index contributed by atoms with van der Waals surface area (Å²) in [5.74, 6) is 0. The molecule has 0 bridgehead atoms. The highest BCUT2D eigenvalue weighted by atomic mass is 16.3. The van der Waals surface area contributed by atoms with Gasteiger partial charge in [0.15, 0.2) is 0 Å². The van der Waals surface area contributed by atoms with E-state index in [1.54, 1.807) is 0 Å². The van der Waals surface area contributed by atoms with E-state index in [9.17, 15) is 5.11 Å². The summed E-state index contributed by atoms with van der Waals surface area (Å²) in [5.41, 5.74) is 1.33. The van der Waals surface area contributed by atoms with Gasteiger partial charge in [0, 0.05) is 25.2 Å². The van der Waals surface area contributed by atoms with Gasteiger partial charge in [0.1, 0.15) is 0 Å². The lowest BCUT2D eigenvalue weighted by atomic mass is 10.0. The Morgan fingerprint density at radius 1 is 1.30 bits per heavy atom. The summed E-state index contributed by atoms with van der Waals surface area (Å²) in [7, 11) is 4.21. The predicted molar refractivity (Wildman–Crippen MR) is 82.8 cm³/mol. The van der Waals surface area contributed by atoms with E-state index in [0.717, 1.165) is 32.6 Å². The van der Waals surface area contributed by atoms with Gasteiger partial charge in [0.2, 0.25) is 0 Å². The Bertz CT molecular complexity index is 383. The molecule has 0 saturated carbocycles. The first kappa shape index (κ1) is 15.4. The first-order valence-electron chi connectivity index (χ1n) is 7.48. The quantitative estimate of drug-likeness (QED) is 0.812. The summed E-state index contributed by atoms with van der Waals surface area (Å²) in [6, 6.07) is 11.2. The lowest BCUT2D eigenvalue weighted by Gasteiger charge is -2.40. The fourth-order valence-electron chi connectivity index (χ4n) is 2.81. The van der Waals surface area contributed by atoms with Gasteiger partial charge in [-0.3, -0.25) is 4.90 Å². The summed E-state index contributed by atoms with van der Waals surface area (Å²) in [6.07, 6.45) is 1.14. The summed E-state index contributed by atoms with van der Waals surface area (Å²) in [5, 5.41) is 13.1. The minimum absolute atomic E-state index is 0.233. The fraction of sp³-hybridized carbons (Fsp3) is 0.625. The molecule has 1 saturated heterocycles. The summed E-state index contributed by atoms with van der Waals surface area (Å²) in [6.45, 7) is 4.21. The highest BCUT2D eigenvalue weighted by Crippen LogP contribution is 2.19. The average Bonchev–Trinajstić information content (AvgIpc) is 2.47. The lowest BCUT2D eigenvalue weighted by Crippen LogP contribution is -2.54. The van der Waals surface area contributed by atoms with Gasteiger partial charge in [-0.2, -0.15) is 0 Å². The lowest BCUT2D eigenvalue weighted by molar-refractivity contribution is 0.0778. The fourth-order valence-corrected chi connectivity index (χ4v) is 2.81. The molecule has 112 valence electrons. The van der Waals surface area contributed by atoms with Crippen LogP contribution in [0.3, 0.4) is 0 Å². The Hall–Kier alpha value is -0.940. The first-order valence-corrected chi connectivity index (χ1v) is 7.48. The van der Waals surface area contributed by atoms with Crippen LogP contribution >= 0.6 is 0 Å². The van der Waals surface area contributed by atoms with E-state index in [1.807, 2.05) is 0 Å². The van der Waals surface area contributed by atoms with Gasteiger partial charge in [0.25, 0.3) is 0 Å². The molecular weight excluding hydrogens is 250 g/mol. The highest BCUT2D eigenvalue weighted by Gasteiger charge is 2.27. The molecule has 2 N–H and O–H groups in total. The van der Waals surface area contributed by atoms with E-state index in [0.29, 0.717) is 6.04 Å². The van der Waals surface area contributed by atoms with E-state index < -0.39 is 0 Å². The summed E-state index contributed by atoms with van der Waals surface area (Å²) < 4.78 is 0. The molecule has 0 amide bonds. The summed E-state index contributed by atoms with van der Waals surface area (Å²) >= 11 is 0. The van der Waals surface area contributed by atoms with E-state index >= 15 is 0 Å². The van der Waals surface area contributed by atoms with Crippen molar-refractivity contribution in [1.29, 1.82) is 0 Å². The highest BCUT2D eigenvalue weighted by molar-refractivity contribution is 5.20. The van der Waals surface area contributed by atoms with Crippen molar-refractivity contribution in [1.82, 2.24) is 15.1 Å². The van der Waals surface area contributed by atoms with E-state index in [4.69, 9.17) is 0 Å². The second kappa shape index (κ2) is 7.74. The Morgan fingerprint density at radius 2 is 2.05 bits per heavy atom. The van der Waals surface area contributed by atoms with Crippen LogP contribution in [0.4, 0.5) is 0 Å². The SMILES string of the molecule is CN(C)CCCN1CC(c2ccccc2)NCC1CO. The normalized spacial score (nSPS) is 24.2. The molecule has 1 aliphatic heterocycles. The molecule has 4 nitrogen and oxygen atoms in total. The number of aliphatic hydroxyl groups excluding tert-OH is 1. The zero-order chi connectivity index (χ0) is 14.4. The van der Waals surface area contributed by atoms with Gasteiger partial charge in [-0.15, -0.1) is 0 Å². The van der Waals surface area contributed by atoms with Crippen molar-refractivity contribution in [2.24, 2.45) is 0 Å². The van der Waals surface area contributed by atoms with Crippen molar-refractivity contribution in [2.75, 3.05) is 46.9 Å². The van der Waals surface area contributed by atoms with Crippen molar-refractivity contribution >= 4 is 0 Å². The number of piperazine rings is 1. The second-order valence-corrected chi connectivity index (χ2v) is 5.86. The molecule has 0 spiro atoms. The molecule has 0 aliphatic carbocycles. The second-order valence-electron chi connectivity index (χ2n) is 5.86. The number of aliphatic hydroxyl groups is 1. The van der Waals surface area contributed by atoms with Gasteiger partial charge in [-0.05, 0) is 39.2 Å². The van der Waals surface area contributed by atoms with Crippen LogP contribution in [0.25, 0.3) is 0 Å². The molecule has 1 aliphatic rings. The molecule has 2 atom stereocenters. The molecule has 20 heavy (non-hydrogen) atoms. The maximum atomic E-state index is 9.53. The van der Waals surface area contributed by atoms with Crippen molar-refractivity contribution < 1.29 is 5.11 Å². The third-order valence-electron chi connectivity index (χ3n) is 4.00. The minimum atomic E-state index is 0.233. The van der Waals surface area contributed by atoms with Crippen molar-refractivity contribution in [2.45, 2.75) is 18.5 Å². The van der Waals surface area contributed by atoms with Crippen LogP contribution in [-0.2, 0) is 0 Å². The maximum Gasteiger partial charge on any atom is 0.0599 e. The Balaban J connectivity index is 1.93. The molecule has 2 rings (SSSR count). The zero-order valence-electron chi connectivity index (χ0n) is 12.6. The number of rotatable bonds is 6. The van der Waals surface area contributed by atoms with Gasteiger partial charge in [-0.1, -0.05) is 30.3 Å². The standard InChI is InChI=1S/C16H27N3O/c1-18(2)9-6-10-19-12-16(17-11-15(19)13-20)14-7-4-3-5-8-14/h3-5,7-8,15-17,20H,6,9-13H2,1-2H3. The molecule has 1 heterocycles. The number of benzene rings is 1. The predicted octanol–water partition coefficient (Wildman–Crippen LogP) is 0.945. The van der Waals surface area contributed by atoms with Gasteiger partial charge in [0.05, 0.1) is 6.61 Å². The topological polar surface area (TPSA) is 38.7 Å². The van der Waals surface area contributed by atoms with Crippen LogP contribution in [0.1, 0.15) is 18.0 Å². The number of nitrogens with zero attached hydrogens (tertiary/aromatic N) is 2. The molecular formula is C16H27N3O. The van der Waals surface area contributed by atoms with Crippen LogP contribution in [0.2, 0.25) is 0 Å².